The Balaban J connectivity index is 2.46. The molecule has 0 unspecified atom stereocenters. The second kappa shape index (κ2) is 3.36. The molecule has 0 aromatic carbocycles. The van der Waals surface area contributed by atoms with Gasteiger partial charge in [0.1, 0.15) is 12.4 Å². The van der Waals surface area contributed by atoms with Crippen molar-refractivity contribution in [1.29, 1.82) is 0 Å². The fraction of sp³-hybridized carbons (Fsp3) is 0.400. The molecule has 0 N–H and O–H groups in total. The van der Waals surface area contributed by atoms with E-state index >= 15 is 0 Å². The lowest BCUT2D eigenvalue weighted by Gasteiger charge is -2.22. The zero-order valence-electron chi connectivity index (χ0n) is 8.31. The van der Waals surface area contributed by atoms with Crippen LogP contribution in [0.1, 0.15) is 13.8 Å². The minimum absolute atomic E-state index is 0.316. The summed E-state index contributed by atoms with van der Waals surface area (Å²) in [5.41, 5.74) is 0. The third kappa shape index (κ3) is 1.47. The molecule has 0 saturated carbocycles. The fourth-order valence-corrected chi connectivity index (χ4v) is 1.54. The van der Waals surface area contributed by atoms with Crippen LogP contribution in [0.15, 0.2) is 18.5 Å². The first-order valence-corrected chi connectivity index (χ1v) is 4.68. The molecule has 74 valence electrons. The molecule has 1 aliphatic heterocycles. The normalized spacial score (nSPS) is 14.7. The molecule has 3 nitrogen and oxygen atoms in total. The van der Waals surface area contributed by atoms with Crippen LogP contribution in [0.25, 0.3) is 6.20 Å². The Morgan fingerprint density at radius 1 is 1.57 bits per heavy atom. The van der Waals surface area contributed by atoms with Crippen LogP contribution in [-0.4, -0.2) is 17.6 Å². The standard InChI is InChI=1S/C10H13FN3/c1-8(2)14-5-3-4-13-7-9(11)6-12-10(13)14/h3-4,6-8H,5H2,1-2H3/q+1. The average molecular weight is 194 g/mol. The van der Waals surface area contributed by atoms with Gasteiger partial charge in [-0.2, -0.15) is 0 Å². The predicted octanol–water partition coefficient (Wildman–Crippen LogP) is 1.21. The number of halogens is 1. The molecule has 0 fully saturated rings. The number of rotatable bonds is 1. The number of hydrogen-bond donors (Lipinski definition) is 0. The summed E-state index contributed by atoms with van der Waals surface area (Å²) in [4.78, 5) is 6.19. The molecular weight excluding hydrogens is 181 g/mol. The first kappa shape index (κ1) is 9.12. The van der Waals surface area contributed by atoms with Crippen molar-refractivity contribution in [3.63, 3.8) is 0 Å². The van der Waals surface area contributed by atoms with Crippen LogP contribution in [0.4, 0.5) is 10.3 Å². The Morgan fingerprint density at radius 3 is 3.07 bits per heavy atom. The maximum absolute atomic E-state index is 12.9. The van der Waals surface area contributed by atoms with Crippen molar-refractivity contribution in [2.24, 2.45) is 0 Å². The van der Waals surface area contributed by atoms with Gasteiger partial charge in [-0.05, 0) is 19.9 Å². The van der Waals surface area contributed by atoms with Gasteiger partial charge in [0, 0.05) is 0 Å². The summed E-state index contributed by atoms with van der Waals surface area (Å²) in [5, 5.41) is 0. The highest BCUT2D eigenvalue weighted by atomic mass is 19.1. The van der Waals surface area contributed by atoms with Crippen molar-refractivity contribution in [1.82, 2.24) is 4.98 Å². The van der Waals surface area contributed by atoms with Crippen LogP contribution < -0.4 is 9.47 Å². The predicted molar refractivity (Wildman–Crippen MR) is 52.2 cm³/mol. The molecule has 0 radical (unpaired) electrons. The summed E-state index contributed by atoms with van der Waals surface area (Å²) in [5.74, 6) is 0.480. The van der Waals surface area contributed by atoms with Gasteiger partial charge < -0.3 is 0 Å². The second-order valence-corrected chi connectivity index (χ2v) is 3.61. The lowest BCUT2D eigenvalue weighted by Crippen LogP contribution is -2.46. The van der Waals surface area contributed by atoms with E-state index in [9.17, 15) is 4.39 Å². The lowest BCUT2D eigenvalue weighted by atomic mass is 10.3. The third-order valence-corrected chi connectivity index (χ3v) is 2.25. The minimum atomic E-state index is -0.316. The van der Waals surface area contributed by atoms with Crippen LogP contribution in [0, 0.1) is 5.82 Å². The van der Waals surface area contributed by atoms with Gasteiger partial charge in [-0.25, -0.2) is 8.96 Å². The summed E-state index contributed by atoms with van der Waals surface area (Å²) >= 11 is 0. The van der Waals surface area contributed by atoms with Gasteiger partial charge in [0.15, 0.2) is 5.82 Å². The van der Waals surface area contributed by atoms with Crippen molar-refractivity contribution in [2.45, 2.75) is 19.9 Å². The molecule has 1 aromatic rings. The van der Waals surface area contributed by atoms with E-state index < -0.39 is 0 Å². The number of fused-ring (bicyclic) bond motifs is 1. The zero-order valence-corrected chi connectivity index (χ0v) is 8.31. The Kier molecular flexibility index (Phi) is 2.19. The molecular formula is C10H13FN3+. The van der Waals surface area contributed by atoms with Crippen molar-refractivity contribution >= 4 is 12.1 Å². The number of aromatic nitrogens is 2. The van der Waals surface area contributed by atoms with Gasteiger partial charge in [0.05, 0.1) is 18.8 Å². The number of hydrogen-bond acceptors (Lipinski definition) is 2. The van der Waals surface area contributed by atoms with Gasteiger partial charge in [-0.1, -0.05) is 4.98 Å². The van der Waals surface area contributed by atoms with E-state index in [-0.39, 0.29) is 5.82 Å². The minimum Gasteiger partial charge on any atom is -0.255 e. The third-order valence-electron chi connectivity index (χ3n) is 2.25. The molecule has 0 amide bonds. The van der Waals surface area contributed by atoms with E-state index in [4.69, 9.17) is 0 Å². The van der Waals surface area contributed by atoms with Crippen molar-refractivity contribution in [3.8, 4) is 0 Å². The molecule has 0 atom stereocenters. The van der Waals surface area contributed by atoms with Crippen LogP contribution in [-0.2, 0) is 0 Å². The smallest absolute Gasteiger partial charge is 0.255 e. The SMILES string of the molecule is CC(C)N1CC=C[n+]2cc(F)cnc21. The van der Waals surface area contributed by atoms with Crippen LogP contribution in [0.5, 0.6) is 0 Å². The van der Waals surface area contributed by atoms with Crippen molar-refractivity contribution in [2.75, 3.05) is 11.4 Å². The molecule has 0 bridgehead atoms. The Hall–Kier alpha value is -1.45. The molecule has 4 heteroatoms. The highest BCUT2D eigenvalue weighted by Crippen LogP contribution is 2.12. The van der Waals surface area contributed by atoms with E-state index in [0.717, 1.165) is 12.5 Å². The van der Waals surface area contributed by atoms with E-state index in [1.165, 1.54) is 12.4 Å². The molecule has 2 heterocycles. The molecule has 2 rings (SSSR count). The van der Waals surface area contributed by atoms with Crippen molar-refractivity contribution in [3.05, 3.63) is 24.3 Å². The van der Waals surface area contributed by atoms with Crippen LogP contribution >= 0.6 is 0 Å². The maximum Gasteiger partial charge on any atom is 0.399 e. The summed E-state index contributed by atoms with van der Waals surface area (Å²) in [6.07, 6.45) is 6.52. The Labute approximate surface area is 82.5 Å². The highest BCUT2D eigenvalue weighted by Gasteiger charge is 2.25. The lowest BCUT2D eigenvalue weighted by molar-refractivity contribution is -0.561. The Bertz CT molecular complexity index is 374. The first-order chi connectivity index (χ1) is 6.68. The van der Waals surface area contributed by atoms with Gasteiger partial charge >= 0.3 is 5.95 Å². The average Bonchev–Trinajstić information content (AvgIpc) is 2.16. The fourth-order valence-electron chi connectivity index (χ4n) is 1.54. The maximum atomic E-state index is 12.9. The Morgan fingerprint density at radius 2 is 2.36 bits per heavy atom. The van der Waals surface area contributed by atoms with Gasteiger partial charge in [0.25, 0.3) is 0 Å². The largest absolute Gasteiger partial charge is 0.399 e. The number of anilines is 1. The van der Waals surface area contributed by atoms with Gasteiger partial charge in [-0.3, -0.25) is 4.90 Å². The quantitative estimate of drug-likeness (QED) is 0.626. The summed E-state index contributed by atoms with van der Waals surface area (Å²) < 4.78 is 14.6. The van der Waals surface area contributed by atoms with E-state index in [2.05, 4.69) is 23.7 Å². The monoisotopic (exact) mass is 194 g/mol. The highest BCUT2D eigenvalue weighted by molar-refractivity contribution is 5.34. The van der Waals surface area contributed by atoms with E-state index in [1.54, 1.807) is 4.57 Å². The van der Waals surface area contributed by atoms with Crippen LogP contribution in [0.2, 0.25) is 0 Å². The number of nitrogens with zero attached hydrogens (tertiary/aromatic N) is 3. The van der Waals surface area contributed by atoms with Gasteiger partial charge in [0.2, 0.25) is 0 Å². The molecule has 0 spiro atoms. The first-order valence-electron chi connectivity index (χ1n) is 4.68. The van der Waals surface area contributed by atoms with E-state index in [1.807, 2.05) is 12.3 Å². The summed E-state index contributed by atoms with van der Waals surface area (Å²) in [6.45, 7) is 5.01. The molecule has 0 saturated heterocycles. The van der Waals surface area contributed by atoms with Gasteiger partial charge in [-0.15, -0.1) is 0 Å². The molecule has 1 aromatic heterocycles. The molecule has 1 aliphatic rings. The zero-order chi connectivity index (χ0) is 10.1. The summed E-state index contributed by atoms with van der Waals surface area (Å²) in [6, 6.07) is 0.365. The topological polar surface area (TPSA) is 20.0 Å². The molecule has 0 aliphatic carbocycles. The van der Waals surface area contributed by atoms with E-state index in [0.29, 0.717) is 6.04 Å². The van der Waals surface area contributed by atoms with Crippen LogP contribution in [0.3, 0.4) is 0 Å². The molecule has 14 heavy (non-hydrogen) atoms. The summed E-state index contributed by atoms with van der Waals surface area (Å²) in [7, 11) is 0. The van der Waals surface area contributed by atoms with Crippen molar-refractivity contribution < 1.29 is 8.96 Å². The second-order valence-electron chi connectivity index (χ2n) is 3.61.